The Hall–Kier alpha value is -4.47. The number of thioether (sulfide) groups is 1. The molecule has 7 nitrogen and oxygen atoms in total. The Bertz CT molecular complexity index is 1670. The van der Waals surface area contributed by atoms with Gasteiger partial charge in [-0.1, -0.05) is 90.6 Å². The van der Waals surface area contributed by atoms with Gasteiger partial charge in [-0.25, -0.2) is 4.98 Å². The highest BCUT2D eigenvalue weighted by molar-refractivity contribution is 7.98. The molecule has 40 heavy (non-hydrogen) atoms. The molecule has 6 aromatic rings. The number of hydrogen-bond acceptors (Lipinski definition) is 7. The normalized spacial score (nSPS) is 11.2. The van der Waals surface area contributed by atoms with E-state index < -0.39 is 0 Å². The summed E-state index contributed by atoms with van der Waals surface area (Å²) in [6.45, 7) is 2.06. The third-order valence-electron chi connectivity index (χ3n) is 6.38. The number of furan rings is 1. The van der Waals surface area contributed by atoms with Crippen LogP contribution >= 0.6 is 23.1 Å². The van der Waals surface area contributed by atoms with Crippen molar-refractivity contribution in [3.8, 4) is 17.3 Å². The minimum Gasteiger partial charge on any atom is -0.461 e. The van der Waals surface area contributed by atoms with Gasteiger partial charge in [0.1, 0.15) is 10.7 Å². The highest BCUT2D eigenvalue weighted by Crippen LogP contribution is 2.32. The number of nitrogens with zero attached hydrogens (tertiary/aromatic N) is 4. The quantitative estimate of drug-likeness (QED) is 0.189. The first-order valence-electron chi connectivity index (χ1n) is 12.7. The monoisotopic (exact) mass is 563 g/mol. The van der Waals surface area contributed by atoms with Gasteiger partial charge in [-0.05, 0) is 41.8 Å². The average Bonchev–Trinajstić information content (AvgIpc) is 3.77. The Balaban J connectivity index is 1.21. The Morgan fingerprint density at radius 2 is 1.62 bits per heavy atom. The Labute approximate surface area is 239 Å². The fourth-order valence-corrected chi connectivity index (χ4v) is 6.16. The van der Waals surface area contributed by atoms with Crippen LogP contribution in [0.1, 0.15) is 38.2 Å². The molecule has 6 rings (SSSR count). The first kappa shape index (κ1) is 25.8. The minimum atomic E-state index is -0.276. The molecule has 0 spiro atoms. The van der Waals surface area contributed by atoms with Crippen molar-refractivity contribution in [3.63, 3.8) is 0 Å². The average molecular weight is 564 g/mol. The summed E-state index contributed by atoms with van der Waals surface area (Å²) in [5.41, 5.74) is 4.49. The maximum Gasteiger partial charge on any atom is 0.271 e. The van der Waals surface area contributed by atoms with Crippen LogP contribution in [0.2, 0.25) is 0 Å². The number of carbonyl (C=O) groups is 1. The molecule has 0 unspecified atom stereocenters. The maximum absolute atomic E-state index is 13.3. The summed E-state index contributed by atoms with van der Waals surface area (Å²) >= 11 is 2.97. The number of aromatic nitrogens is 4. The minimum absolute atomic E-state index is 0.214. The van der Waals surface area contributed by atoms with Crippen LogP contribution in [-0.2, 0) is 5.75 Å². The smallest absolute Gasteiger partial charge is 0.271 e. The lowest BCUT2D eigenvalue weighted by atomic mass is 9.98. The molecule has 0 saturated heterocycles. The van der Waals surface area contributed by atoms with Crippen molar-refractivity contribution in [3.05, 3.63) is 136 Å². The number of carbonyl (C=O) groups excluding carboxylic acids is 1. The fraction of sp³-hybridized carbons (Fsp3) is 0.0968. The molecule has 1 N–H and O–H groups in total. The molecular formula is C31H25N5O2S2. The van der Waals surface area contributed by atoms with E-state index in [1.807, 2.05) is 95.6 Å². The van der Waals surface area contributed by atoms with Crippen molar-refractivity contribution in [1.29, 1.82) is 0 Å². The van der Waals surface area contributed by atoms with Crippen LogP contribution in [0.15, 0.2) is 118 Å². The van der Waals surface area contributed by atoms with Crippen LogP contribution < -0.4 is 5.32 Å². The number of aryl methyl sites for hydroxylation is 1. The van der Waals surface area contributed by atoms with Gasteiger partial charge in [0, 0.05) is 5.38 Å². The van der Waals surface area contributed by atoms with Crippen LogP contribution in [0.5, 0.6) is 0 Å². The molecule has 1 amide bonds. The molecular weight excluding hydrogens is 539 g/mol. The molecule has 0 radical (unpaired) electrons. The summed E-state index contributed by atoms with van der Waals surface area (Å²) in [7, 11) is 0. The zero-order valence-electron chi connectivity index (χ0n) is 21.6. The summed E-state index contributed by atoms with van der Waals surface area (Å²) in [6.07, 6.45) is 1.63. The van der Waals surface area contributed by atoms with Crippen LogP contribution in [0.4, 0.5) is 0 Å². The van der Waals surface area contributed by atoms with E-state index in [2.05, 4.69) is 33.5 Å². The Morgan fingerprint density at radius 3 is 2.30 bits per heavy atom. The third kappa shape index (κ3) is 5.47. The summed E-state index contributed by atoms with van der Waals surface area (Å²) in [5.74, 6) is 1.60. The van der Waals surface area contributed by atoms with Crippen molar-refractivity contribution in [2.45, 2.75) is 23.9 Å². The Morgan fingerprint density at radius 1 is 0.925 bits per heavy atom. The number of benzene rings is 3. The number of thiazole rings is 1. The third-order valence-corrected chi connectivity index (χ3v) is 8.35. The molecule has 0 saturated carbocycles. The first-order valence-corrected chi connectivity index (χ1v) is 14.6. The molecule has 198 valence electrons. The molecule has 0 aliphatic carbocycles. The van der Waals surface area contributed by atoms with Crippen LogP contribution in [0.25, 0.3) is 17.3 Å². The second kappa shape index (κ2) is 11.7. The highest BCUT2D eigenvalue weighted by Gasteiger charge is 2.22. The van der Waals surface area contributed by atoms with Crippen LogP contribution in [0, 0.1) is 6.92 Å². The van der Waals surface area contributed by atoms with Gasteiger partial charge in [0.15, 0.2) is 10.9 Å². The zero-order chi connectivity index (χ0) is 27.3. The fourth-order valence-electron chi connectivity index (χ4n) is 4.42. The highest BCUT2D eigenvalue weighted by atomic mass is 32.2. The van der Waals surface area contributed by atoms with Gasteiger partial charge in [-0.2, -0.15) is 0 Å². The lowest BCUT2D eigenvalue weighted by Crippen LogP contribution is -2.29. The van der Waals surface area contributed by atoms with E-state index in [1.165, 1.54) is 23.1 Å². The van der Waals surface area contributed by atoms with Gasteiger partial charge < -0.3 is 9.73 Å². The number of para-hydroxylation sites is 1. The number of rotatable bonds is 9. The van der Waals surface area contributed by atoms with Gasteiger partial charge in [0.2, 0.25) is 5.82 Å². The summed E-state index contributed by atoms with van der Waals surface area (Å²) < 4.78 is 7.64. The molecule has 0 aliphatic rings. The molecule has 0 fully saturated rings. The Kier molecular flexibility index (Phi) is 7.56. The predicted molar refractivity (Wildman–Crippen MR) is 158 cm³/mol. The lowest BCUT2D eigenvalue weighted by Gasteiger charge is -2.19. The number of amides is 1. The second-order valence-electron chi connectivity index (χ2n) is 9.05. The van der Waals surface area contributed by atoms with Crippen LogP contribution in [0.3, 0.4) is 0 Å². The predicted octanol–water partition coefficient (Wildman–Crippen LogP) is 7.10. The lowest BCUT2D eigenvalue weighted by molar-refractivity contribution is 0.0938. The van der Waals surface area contributed by atoms with Crippen molar-refractivity contribution in [2.24, 2.45) is 0 Å². The van der Waals surface area contributed by atoms with Crippen molar-refractivity contribution in [1.82, 2.24) is 25.1 Å². The molecule has 0 bridgehead atoms. The molecule has 3 heterocycles. The van der Waals surface area contributed by atoms with Crippen molar-refractivity contribution < 1.29 is 9.21 Å². The van der Waals surface area contributed by atoms with E-state index in [0.717, 1.165) is 32.5 Å². The van der Waals surface area contributed by atoms with Gasteiger partial charge >= 0.3 is 0 Å². The van der Waals surface area contributed by atoms with E-state index in [4.69, 9.17) is 4.42 Å². The largest absolute Gasteiger partial charge is 0.461 e. The number of hydrogen-bond donors (Lipinski definition) is 1. The van der Waals surface area contributed by atoms with E-state index in [0.29, 0.717) is 23.0 Å². The van der Waals surface area contributed by atoms with Gasteiger partial charge in [0.05, 0.1) is 23.7 Å². The summed E-state index contributed by atoms with van der Waals surface area (Å²) in [4.78, 5) is 17.9. The van der Waals surface area contributed by atoms with Crippen molar-refractivity contribution in [2.75, 3.05) is 0 Å². The molecule has 3 aromatic carbocycles. The van der Waals surface area contributed by atoms with Gasteiger partial charge in [-0.3, -0.25) is 9.36 Å². The van der Waals surface area contributed by atoms with E-state index >= 15 is 0 Å². The second-order valence-corrected chi connectivity index (χ2v) is 10.9. The SMILES string of the molecule is Cc1ccccc1-n1c(SCc2nc(C(=O)NC(c3ccccc3)c3ccccc3)cs2)nnc1-c1ccco1. The number of nitrogens with one attached hydrogen (secondary N) is 1. The molecule has 9 heteroatoms. The molecule has 0 aliphatic heterocycles. The van der Waals surface area contributed by atoms with Crippen LogP contribution in [-0.4, -0.2) is 25.7 Å². The zero-order valence-corrected chi connectivity index (χ0v) is 23.2. The topological polar surface area (TPSA) is 85.8 Å². The first-order chi connectivity index (χ1) is 19.7. The van der Waals surface area contributed by atoms with E-state index in [-0.39, 0.29) is 11.9 Å². The van der Waals surface area contributed by atoms with E-state index in [1.54, 1.807) is 11.6 Å². The molecule has 3 aromatic heterocycles. The van der Waals surface area contributed by atoms with Gasteiger partial charge in [-0.15, -0.1) is 21.5 Å². The molecule has 0 atom stereocenters. The standard InChI is InChI=1S/C31H25N5O2S2/c1-21-11-8-9-16-25(21)36-29(26-17-10-18-38-26)34-35-31(36)40-20-27-32-24(19-39-27)30(37)33-28(22-12-4-2-5-13-22)23-14-6-3-7-15-23/h2-19,28H,20H2,1H3,(H,33,37). The van der Waals surface area contributed by atoms with Crippen molar-refractivity contribution >= 4 is 29.0 Å². The maximum atomic E-state index is 13.3. The van der Waals surface area contributed by atoms with E-state index in [9.17, 15) is 4.79 Å². The summed E-state index contributed by atoms with van der Waals surface area (Å²) in [6, 6.07) is 31.4. The summed E-state index contributed by atoms with van der Waals surface area (Å²) in [5, 5.41) is 15.4. The van der Waals surface area contributed by atoms with Gasteiger partial charge in [0.25, 0.3) is 5.91 Å².